The molecule has 1 rings (SSSR count). The van der Waals surface area contributed by atoms with E-state index in [1.54, 1.807) is 7.05 Å². The zero-order valence-corrected chi connectivity index (χ0v) is 7.94. The molecule has 1 amide bonds. The van der Waals surface area contributed by atoms with Crippen molar-refractivity contribution in [1.82, 2.24) is 10.6 Å². The lowest BCUT2D eigenvalue weighted by atomic mass is 9.81. The number of carbonyl (C=O) groups is 1. The van der Waals surface area contributed by atoms with Gasteiger partial charge in [0.2, 0.25) is 5.91 Å². The number of hydrogen-bond donors (Lipinski definition) is 2. The van der Waals surface area contributed by atoms with Crippen LogP contribution in [-0.4, -0.2) is 25.5 Å². The van der Waals surface area contributed by atoms with Crippen LogP contribution in [0.25, 0.3) is 0 Å². The molecular formula is C9H18N2O. The van der Waals surface area contributed by atoms with Crippen LogP contribution in [0.2, 0.25) is 0 Å². The summed E-state index contributed by atoms with van der Waals surface area (Å²) < 4.78 is 0. The fourth-order valence-corrected chi connectivity index (χ4v) is 1.99. The molecule has 2 N–H and O–H groups in total. The van der Waals surface area contributed by atoms with Crippen LogP contribution in [0.5, 0.6) is 0 Å². The Balaban J connectivity index is 2.66. The number of nitrogens with one attached hydrogen (secondary N) is 2. The third-order valence-corrected chi connectivity index (χ3v) is 2.85. The maximum atomic E-state index is 11.5. The Morgan fingerprint density at radius 2 is 1.75 bits per heavy atom. The molecule has 1 fully saturated rings. The predicted molar refractivity (Wildman–Crippen MR) is 48.9 cm³/mol. The Bertz CT molecular complexity index is 162. The summed E-state index contributed by atoms with van der Waals surface area (Å²) in [7, 11) is 3.58. The molecule has 0 radical (unpaired) electrons. The fraction of sp³-hybridized carbons (Fsp3) is 0.889. The molecule has 0 aliphatic heterocycles. The van der Waals surface area contributed by atoms with Crippen LogP contribution < -0.4 is 10.6 Å². The standard InChI is InChI=1S/C9H18N2O/c1-10-8(12)9(11-2)6-4-3-5-7-9/h11H,3-7H2,1-2H3,(H,10,12). The predicted octanol–water partition coefficient (Wildman–Crippen LogP) is 0.655. The van der Waals surface area contributed by atoms with Gasteiger partial charge in [-0.1, -0.05) is 19.3 Å². The van der Waals surface area contributed by atoms with Crippen LogP contribution in [0.15, 0.2) is 0 Å². The third kappa shape index (κ3) is 1.61. The Morgan fingerprint density at radius 3 is 2.17 bits per heavy atom. The first-order valence-corrected chi connectivity index (χ1v) is 4.66. The molecule has 1 saturated carbocycles. The van der Waals surface area contributed by atoms with Gasteiger partial charge in [0, 0.05) is 7.05 Å². The largest absolute Gasteiger partial charge is 0.358 e. The van der Waals surface area contributed by atoms with Crippen LogP contribution in [-0.2, 0) is 4.79 Å². The van der Waals surface area contributed by atoms with E-state index in [9.17, 15) is 4.79 Å². The van der Waals surface area contributed by atoms with Crippen molar-refractivity contribution in [2.75, 3.05) is 14.1 Å². The molecule has 0 aromatic rings. The van der Waals surface area contributed by atoms with Gasteiger partial charge in [0.05, 0.1) is 5.54 Å². The summed E-state index contributed by atoms with van der Waals surface area (Å²) in [5, 5.41) is 5.88. The molecule has 1 aliphatic carbocycles. The van der Waals surface area contributed by atoms with Gasteiger partial charge in [-0.2, -0.15) is 0 Å². The van der Waals surface area contributed by atoms with Crippen LogP contribution >= 0.6 is 0 Å². The van der Waals surface area contributed by atoms with E-state index < -0.39 is 0 Å². The fourth-order valence-electron chi connectivity index (χ4n) is 1.99. The highest BCUT2D eigenvalue weighted by molar-refractivity contribution is 5.86. The Labute approximate surface area is 73.9 Å². The second-order valence-corrected chi connectivity index (χ2v) is 3.47. The minimum absolute atomic E-state index is 0.143. The molecule has 12 heavy (non-hydrogen) atoms. The van der Waals surface area contributed by atoms with Gasteiger partial charge in [-0.05, 0) is 19.9 Å². The van der Waals surface area contributed by atoms with Crippen LogP contribution in [0, 0.1) is 0 Å². The zero-order chi connectivity index (χ0) is 9.03. The smallest absolute Gasteiger partial charge is 0.240 e. The molecule has 3 nitrogen and oxygen atoms in total. The van der Waals surface area contributed by atoms with Gasteiger partial charge in [-0.3, -0.25) is 4.79 Å². The summed E-state index contributed by atoms with van der Waals surface area (Å²) in [6.45, 7) is 0. The van der Waals surface area contributed by atoms with Crippen molar-refractivity contribution < 1.29 is 4.79 Å². The van der Waals surface area contributed by atoms with Crippen LogP contribution in [0.4, 0.5) is 0 Å². The monoisotopic (exact) mass is 170 g/mol. The Morgan fingerprint density at radius 1 is 1.17 bits per heavy atom. The maximum absolute atomic E-state index is 11.5. The lowest BCUT2D eigenvalue weighted by Gasteiger charge is -2.34. The third-order valence-electron chi connectivity index (χ3n) is 2.85. The first-order valence-electron chi connectivity index (χ1n) is 4.66. The Hall–Kier alpha value is -0.570. The molecule has 70 valence electrons. The van der Waals surface area contributed by atoms with Gasteiger partial charge in [-0.15, -0.1) is 0 Å². The second kappa shape index (κ2) is 3.90. The molecular weight excluding hydrogens is 152 g/mol. The summed E-state index contributed by atoms with van der Waals surface area (Å²) >= 11 is 0. The SMILES string of the molecule is CNC(=O)C1(NC)CCCCC1. The average molecular weight is 170 g/mol. The number of rotatable bonds is 2. The van der Waals surface area contributed by atoms with Crippen LogP contribution in [0.1, 0.15) is 32.1 Å². The highest BCUT2D eigenvalue weighted by atomic mass is 16.2. The first-order chi connectivity index (χ1) is 5.75. The van der Waals surface area contributed by atoms with Gasteiger partial charge >= 0.3 is 0 Å². The summed E-state index contributed by atoms with van der Waals surface area (Å²) in [5.74, 6) is 0.143. The maximum Gasteiger partial charge on any atom is 0.240 e. The van der Waals surface area contributed by atoms with Crippen molar-refractivity contribution >= 4 is 5.91 Å². The van der Waals surface area contributed by atoms with Crippen molar-refractivity contribution in [3.05, 3.63) is 0 Å². The summed E-state index contributed by atoms with van der Waals surface area (Å²) in [6.07, 6.45) is 5.54. The number of carbonyl (C=O) groups excluding carboxylic acids is 1. The van der Waals surface area contributed by atoms with E-state index in [2.05, 4.69) is 10.6 Å². The molecule has 0 atom stereocenters. The van der Waals surface area contributed by atoms with E-state index in [-0.39, 0.29) is 11.4 Å². The van der Waals surface area contributed by atoms with E-state index in [1.807, 2.05) is 7.05 Å². The van der Waals surface area contributed by atoms with Crippen molar-refractivity contribution in [2.45, 2.75) is 37.6 Å². The zero-order valence-electron chi connectivity index (χ0n) is 7.94. The molecule has 0 aromatic carbocycles. The first kappa shape index (κ1) is 9.52. The van der Waals surface area contributed by atoms with Gasteiger partial charge in [0.15, 0.2) is 0 Å². The van der Waals surface area contributed by atoms with E-state index in [0.717, 1.165) is 25.7 Å². The van der Waals surface area contributed by atoms with Crippen molar-refractivity contribution in [3.63, 3.8) is 0 Å². The number of hydrogen-bond acceptors (Lipinski definition) is 2. The molecule has 0 aromatic heterocycles. The normalized spacial score (nSPS) is 21.8. The topological polar surface area (TPSA) is 41.1 Å². The average Bonchev–Trinajstić information content (AvgIpc) is 2.17. The molecule has 0 heterocycles. The highest BCUT2D eigenvalue weighted by Gasteiger charge is 2.36. The summed E-state index contributed by atoms with van der Waals surface area (Å²) in [6, 6.07) is 0. The Kier molecular flexibility index (Phi) is 3.09. The van der Waals surface area contributed by atoms with E-state index >= 15 is 0 Å². The lowest BCUT2D eigenvalue weighted by molar-refractivity contribution is -0.128. The van der Waals surface area contributed by atoms with Crippen molar-refractivity contribution in [1.29, 1.82) is 0 Å². The van der Waals surface area contributed by atoms with Crippen molar-refractivity contribution in [3.8, 4) is 0 Å². The van der Waals surface area contributed by atoms with Gasteiger partial charge in [0.25, 0.3) is 0 Å². The van der Waals surface area contributed by atoms with E-state index in [1.165, 1.54) is 6.42 Å². The molecule has 0 unspecified atom stereocenters. The van der Waals surface area contributed by atoms with Gasteiger partial charge in [0.1, 0.15) is 0 Å². The lowest BCUT2D eigenvalue weighted by Crippen LogP contribution is -2.55. The number of likely N-dealkylation sites (N-methyl/N-ethyl adjacent to an activating group) is 2. The van der Waals surface area contributed by atoms with Gasteiger partial charge < -0.3 is 10.6 Å². The summed E-state index contributed by atoms with van der Waals surface area (Å²) in [5.41, 5.74) is -0.271. The molecule has 0 spiro atoms. The van der Waals surface area contributed by atoms with E-state index in [4.69, 9.17) is 0 Å². The molecule has 0 saturated heterocycles. The van der Waals surface area contributed by atoms with Crippen molar-refractivity contribution in [2.24, 2.45) is 0 Å². The second-order valence-electron chi connectivity index (χ2n) is 3.47. The minimum Gasteiger partial charge on any atom is -0.358 e. The summed E-state index contributed by atoms with van der Waals surface area (Å²) in [4.78, 5) is 11.5. The molecule has 3 heteroatoms. The van der Waals surface area contributed by atoms with Crippen LogP contribution in [0.3, 0.4) is 0 Å². The van der Waals surface area contributed by atoms with E-state index in [0.29, 0.717) is 0 Å². The number of amides is 1. The molecule has 1 aliphatic rings. The minimum atomic E-state index is -0.271. The highest BCUT2D eigenvalue weighted by Crippen LogP contribution is 2.27. The van der Waals surface area contributed by atoms with Gasteiger partial charge in [-0.25, -0.2) is 0 Å². The molecule has 0 bridgehead atoms. The quantitative estimate of drug-likeness (QED) is 0.639.